The molecule has 0 heterocycles. The van der Waals surface area contributed by atoms with Crippen molar-refractivity contribution in [3.63, 3.8) is 0 Å². The van der Waals surface area contributed by atoms with Gasteiger partial charge in [-0.15, -0.1) is 10.2 Å². The van der Waals surface area contributed by atoms with Crippen molar-refractivity contribution in [1.29, 1.82) is 0 Å². The van der Waals surface area contributed by atoms with E-state index in [1.54, 1.807) is 12.1 Å². The Kier molecular flexibility index (Phi) is 9.29. The Bertz CT molecular complexity index is 1850. The van der Waals surface area contributed by atoms with E-state index in [-0.39, 0.29) is 36.7 Å². The molecule has 0 saturated heterocycles. The fourth-order valence-corrected chi connectivity index (χ4v) is 4.55. The molecule has 0 fully saturated rings. The van der Waals surface area contributed by atoms with Crippen LogP contribution in [0.2, 0.25) is 0 Å². The molecule has 0 aromatic heterocycles. The van der Waals surface area contributed by atoms with Crippen LogP contribution in [0.1, 0.15) is 27.8 Å². The smallest absolute Gasteiger partial charge is 0.151 e. The van der Waals surface area contributed by atoms with E-state index in [4.69, 9.17) is 0 Å². The van der Waals surface area contributed by atoms with Crippen LogP contribution in [0.15, 0.2) is 106 Å². The van der Waals surface area contributed by atoms with E-state index in [0.29, 0.717) is 22.4 Å². The first-order valence-electron chi connectivity index (χ1n) is 13.2. The van der Waals surface area contributed by atoms with E-state index in [1.165, 1.54) is 11.6 Å². The third-order valence-corrected chi connectivity index (χ3v) is 6.91. The van der Waals surface area contributed by atoms with Crippen LogP contribution in [0.5, 0.6) is 11.5 Å². The van der Waals surface area contributed by atoms with Crippen molar-refractivity contribution in [2.75, 3.05) is 5.32 Å². The monoisotopic (exact) mass is 605 g/mol. The van der Waals surface area contributed by atoms with Gasteiger partial charge >= 0.3 is 0 Å². The van der Waals surface area contributed by atoms with Crippen LogP contribution in [0, 0.1) is 27.7 Å². The van der Waals surface area contributed by atoms with Crippen LogP contribution < -0.4 is 5.32 Å². The van der Waals surface area contributed by atoms with Gasteiger partial charge in [0.1, 0.15) is 17.1 Å². The Morgan fingerprint density at radius 3 is 2.10 bits per heavy atom. The Hall–Kier alpha value is -4.68. The molecule has 3 N–H and O–H groups in total. The van der Waals surface area contributed by atoms with Gasteiger partial charge in [0.25, 0.3) is 0 Å². The summed E-state index contributed by atoms with van der Waals surface area (Å²) < 4.78 is 0. The SMILES string of the molecule is C=Cc1ccc(N=Nc2cc(O)c(N=Nc3c(C)cc4cc(Nc5ccc(C)cc5)ccc4c3O)cc2C)cc1C.[Zn]. The zero-order valence-electron chi connectivity index (χ0n) is 24.2. The predicted octanol–water partition coefficient (Wildman–Crippen LogP) is 10.7. The van der Waals surface area contributed by atoms with Gasteiger partial charge in [-0.3, -0.25) is 0 Å². The van der Waals surface area contributed by atoms with Crippen LogP contribution >= 0.6 is 0 Å². The van der Waals surface area contributed by atoms with E-state index in [9.17, 15) is 10.2 Å². The van der Waals surface area contributed by atoms with Crippen molar-refractivity contribution in [3.05, 3.63) is 113 Å². The molecule has 0 spiro atoms. The molecule has 5 rings (SSSR count). The number of azo groups is 2. The second-order valence-electron chi connectivity index (χ2n) is 10.1. The van der Waals surface area contributed by atoms with Crippen molar-refractivity contribution in [3.8, 4) is 11.5 Å². The van der Waals surface area contributed by atoms with Crippen molar-refractivity contribution in [2.24, 2.45) is 20.5 Å². The summed E-state index contributed by atoms with van der Waals surface area (Å²) in [7, 11) is 0. The van der Waals surface area contributed by atoms with E-state index in [0.717, 1.165) is 39.0 Å². The first kappa shape index (κ1) is 30.3. The molecular weight excluding hydrogens is 576 g/mol. The number of nitrogens with one attached hydrogen (secondary N) is 1. The molecule has 0 bridgehead atoms. The fraction of sp³-hybridized carbons (Fsp3) is 0.118. The van der Waals surface area contributed by atoms with Crippen LogP contribution in [0.4, 0.5) is 34.1 Å². The molecule has 5 aromatic carbocycles. The number of phenols is 2. The zero-order valence-corrected chi connectivity index (χ0v) is 27.1. The third kappa shape index (κ3) is 6.61. The average molecular weight is 607 g/mol. The molecular formula is C34H31N5O2Zn. The number of hydrogen-bond acceptors (Lipinski definition) is 7. The first-order chi connectivity index (χ1) is 19.7. The van der Waals surface area contributed by atoms with E-state index in [2.05, 4.69) is 51.4 Å². The molecule has 8 heteroatoms. The molecule has 0 amide bonds. The second-order valence-corrected chi connectivity index (χ2v) is 10.1. The summed E-state index contributed by atoms with van der Waals surface area (Å²) in [5.41, 5.74) is 8.55. The van der Waals surface area contributed by atoms with Gasteiger partial charge in [0.2, 0.25) is 0 Å². The van der Waals surface area contributed by atoms with Gasteiger partial charge in [0, 0.05) is 42.3 Å². The molecule has 7 nitrogen and oxygen atoms in total. The van der Waals surface area contributed by atoms with Gasteiger partial charge in [-0.25, -0.2) is 0 Å². The van der Waals surface area contributed by atoms with Crippen LogP contribution in [-0.4, -0.2) is 10.2 Å². The zero-order chi connectivity index (χ0) is 29.1. The summed E-state index contributed by atoms with van der Waals surface area (Å²) in [6.07, 6.45) is 1.80. The number of rotatable bonds is 7. The summed E-state index contributed by atoms with van der Waals surface area (Å²) in [5.74, 6) is -0.0544. The predicted molar refractivity (Wildman–Crippen MR) is 167 cm³/mol. The number of benzene rings is 5. The minimum Gasteiger partial charge on any atom is -0.506 e. The normalized spacial score (nSPS) is 11.2. The van der Waals surface area contributed by atoms with Crippen LogP contribution in [0.3, 0.4) is 0 Å². The molecule has 5 aromatic rings. The van der Waals surface area contributed by atoms with E-state index in [1.807, 2.05) is 75.4 Å². The number of anilines is 2. The standard InChI is InChI=1S/C34H31N5O2.Zn/c1-6-24-9-12-28(16-21(24)3)36-37-30-19-32(40)31(17-22(30)4)38-39-33-23(5)15-25-18-27(13-14-29(25)34(33)41)35-26-10-7-20(2)8-11-26;/h6-19,35,40-41H,1H2,2-5H3;. The minimum atomic E-state index is -0.0868. The average Bonchev–Trinajstić information content (AvgIpc) is 2.95. The van der Waals surface area contributed by atoms with Gasteiger partial charge in [-0.2, -0.15) is 10.2 Å². The first-order valence-corrected chi connectivity index (χ1v) is 13.2. The van der Waals surface area contributed by atoms with E-state index < -0.39 is 0 Å². The molecule has 0 atom stereocenters. The molecule has 0 radical (unpaired) electrons. The maximum absolute atomic E-state index is 11.0. The fourth-order valence-electron chi connectivity index (χ4n) is 4.55. The summed E-state index contributed by atoms with van der Waals surface area (Å²) >= 11 is 0. The number of phenolic OH excluding ortho intramolecular Hbond substituents is 2. The van der Waals surface area contributed by atoms with Gasteiger partial charge in [0.05, 0.1) is 11.4 Å². The number of aryl methyl sites for hydroxylation is 4. The third-order valence-electron chi connectivity index (χ3n) is 6.91. The Morgan fingerprint density at radius 2 is 1.38 bits per heavy atom. The van der Waals surface area contributed by atoms with Crippen molar-refractivity contribution in [2.45, 2.75) is 27.7 Å². The largest absolute Gasteiger partial charge is 0.506 e. The molecule has 0 aliphatic rings. The second kappa shape index (κ2) is 12.9. The summed E-state index contributed by atoms with van der Waals surface area (Å²) in [6.45, 7) is 11.6. The molecule has 0 unspecified atom stereocenters. The maximum Gasteiger partial charge on any atom is 0.151 e. The minimum absolute atomic E-state index is 0. The Labute approximate surface area is 258 Å². The molecule has 0 aliphatic carbocycles. The Balaban J connectivity index is 0.00000405. The number of hydrogen-bond donors (Lipinski definition) is 3. The van der Waals surface area contributed by atoms with Crippen molar-refractivity contribution in [1.82, 2.24) is 0 Å². The van der Waals surface area contributed by atoms with Gasteiger partial charge in [-0.05, 0) is 110 Å². The quantitative estimate of drug-likeness (QED) is 0.127. The topological polar surface area (TPSA) is 102 Å². The molecule has 0 aliphatic heterocycles. The van der Waals surface area contributed by atoms with Crippen LogP contribution in [0.25, 0.3) is 16.8 Å². The van der Waals surface area contributed by atoms with Crippen LogP contribution in [-0.2, 0) is 19.5 Å². The number of fused-ring (bicyclic) bond motifs is 1. The molecule has 0 saturated carbocycles. The van der Waals surface area contributed by atoms with Gasteiger partial charge in [0.15, 0.2) is 5.75 Å². The van der Waals surface area contributed by atoms with Crippen molar-refractivity contribution < 1.29 is 29.7 Å². The maximum atomic E-state index is 11.0. The molecule has 42 heavy (non-hydrogen) atoms. The number of aromatic hydroxyl groups is 2. The summed E-state index contributed by atoms with van der Waals surface area (Å²) in [5, 5.41) is 43.8. The summed E-state index contributed by atoms with van der Waals surface area (Å²) in [6, 6.07) is 24.8. The number of nitrogens with zero attached hydrogens (tertiary/aromatic N) is 4. The Morgan fingerprint density at radius 1 is 0.667 bits per heavy atom. The summed E-state index contributed by atoms with van der Waals surface area (Å²) in [4.78, 5) is 0. The van der Waals surface area contributed by atoms with E-state index >= 15 is 0 Å². The van der Waals surface area contributed by atoms with Crippen molar-refractivity contribution >= 4 is 51.0 Å². The van der Waals surface area contributed by atoms with Gasteiger partial charge in [-0.1, -0.05) is 36.4 Å². The molecule has 206 valence electrons. The van der Waals surface area contributed by atoms with Gasteiger partial charge < -0.3 is 15.5 Å².